The summed E-state index contributed by atoms with van der Waals surface area (Å²) in [7, 11) is -5.20. The monoisotopic (exact) mass is 425 g/mol. The molecule has 0 aliphatic heterocycles. The number of halogens is 2. The molecule has 0 unspecified atom stereocenters. The van der Waals surface area contributed by atoms with Crippen molar-refractivity contribution in [3.05, 3.63) is 58.1 Å². The maximum Gasteiger partial charge on any atom is 0.464 e. The number of hydrogen-bond donors (Lipinski definition) is 2. The molecule has 0 amide bonds. The Kier molecular flexibility index (Phi) is 7.84. The van der Waals surface area contributed by atoms with Crippen LogP contribution >= 0.6 is 23.2 Å². The molecule has 0 fully saturated rings. The molecule has 0 aliphatic rings. The number of nitrogen functional groups attached to an aromatic ring is 1. The Morgan fingerprint density at radius 1 is 1.16 bits per heavy atom. The van der Waals surface area contributed by atoms with E-state index in [9.17, 15) is 16.8 Å². The van der Waals surface area contributed by atoms with Crippen LogP contribution in [0.5, 0.6) is 0 Å². The van der Waals surface area contributed by atoms with Crippen molar-refractivity contribution in [1.29, 1.82) is 0 Å². The second-order valence-electron chi connectivity index (χ2n) is 4.78. The highest BCUT2D eigenvalue weighted by atomic mass is 35.5. The quantitative estimate of drug-likeness (QED) is 0.443. The van der Waals surface area contributed by atoms with E-state index in [4.69, 9.17) is 33.5 Å². The van der Waals surface area contributed by atoms with Gasteiger partial charge in [-0.1, -0.05) is 39.3 Å². The van der Waals surface area contributed by atoms with Gasteiger partial charge in [0.1, 0.15) is 5.75 Å². The normalized spacial score (nSPS) is 10.6. The van der Waals surface area contributed by atoms with Crippen LogP contribution in [-0.4, -0.2) is 32.4 Å². The number of nitrogens with two attached hydrogens (primary N) is 1. The van der Waals surface area contributed by atoms with E-state index in [-0.39, 0.29) is 0 Å². The van der Waals surface area contributed by atoms with E-state index < -0.39 is 26.4 Å². The minimum absolute atomic E-state index is 0.317. The van der Waals surface area contributed by atoms with Crippen LogP contribution in [0.2, 0.25) is 10.0 Å². The minimum atomic E-state index is -4.11. The predicted molar refractivity (Wildman–Crippen MR) is 97.3 cm³/mol. The maximum absolute atomic E-state index is 10.7. The van der Waals surface area contributed by atoms with Crippen LogP contribution in [0.1, 0.15) is 5.56 Å². The molecule has 0 saturated heterocycles. The van der Waals surface area contributed by atoms with E-state index in [2.05, 4.69) is 0 Å². The van der Waals surface area contributed by atoms with Gasteiger partial charge in [0.2, 0.25) is 5.69 Å². The predicted octanol–water partition coefficient (Wildman–Crippen LogP) is 2.99. The average Bonchev–Trinajstić information content (AvgIpc) is 2.49. The zero-order valence-corrected chi connectivity index (χ0v) is 16.1. The highest BCUT2D eigenvalue weighted by Gasteiger charge is 2.11. The van der Waals surface area contributed by atoms with Gasteiger partial charge >= 0.3 is 10.5 Å². The van der Waals surface area contributed by atoms with Crippen molar-refractivity contribution < 1.29 is 25.3 Å². The van der Waals surface area contributed by atoms with E-state index in [0.29, 0.717) is 27.0 Å². The van der Waals surface area contributed by atoms with E-state index in [1.165, 1.54) is 31.3 Å². The molecule has 0 saturated carbocycles. The standard InChI is InChI=1S/C8H9NO5S2.C6H5Cl2N/c1-9(15(10)11)8-4-2-3-7(5-8)6-16(12,13)14;7-4-1-2-5(8)6(9)3-4/h2-5H,6H2,1H3;1-3H,9H2/p+1. The Bertz CT molecular complexity index is 998. The second kappa shape index (κ2) is 9.16. The van der Waals surface area contributed by atoms with Crippen LogP contribution in [0.3, 0.4) is 0 Å². The van der Waals surface area contributed by atoms with Gasteiger partial charge in [0.15, 0.2) is 7.05 Å². The lowest BCUT2D eigenvalue weighted by Gasteiger charge is -1.98. The third-order valence-electron chi connectivity index (χ3n) is 2.80. The molecule has 0 spiro atoms. The van der Waals surface area contributed by atoms with Gasteiger partial charge in [0, 0.05) is 17.2 Å². The number of benzene rings is 2. The summed E-state index contributed by atoms with van der Waals surface area (Å²) in [6.45, 7) is 0. The molecular formula is C14H15Cl2N2O5S2+. The Morgan fingerprint density at radius 2 is 1.80 bits per heavy atom. The van der Waals surface area contributed by atoms with Gasteiger partial charge in [-0.2, -0.15) is 8.42 Å². The van der Waals surface area contributed by atoms with Crippen LogP contribution in [0.25, 0.3) is 0 Å². The summed E-state index contributed by atoms with van der Waals surface area (Å²) >= 11 is 11.2. The zero-order valence-electron chi connectivity index (χ0n) is 12.9. The lowest BCUT2D eigenvalue weighted by Crippen LogP contribution is -2.02. The maximum atomic E-state index is 10.7. The summed E-state index contributed by atoms with van der Waals surface area (Å²) in [6.07, 6.45) is 0. The molecule has 25 heavy (non-hydrogen) atoms. The molecule has 11 heteroatoms. The van der Waals surface area contributed by atoms with Crippen molar-refractivity contribution in [3.8, 4) is 0 Å². The third kappa shape index (κ3) is 7.84. The number of rotatable bonds is 3. The molecule has 0 aliphatic carbocycles. The first kappa shape index (κ1) is 21.4. The first-order chi connectivity index (χ1) is 11.5. The lowest BCUT2D eigenvalue weighted by molar-refractivity contribution is -0.377. The number of hydrogen-bond acceptors (Lipinski definition) is 5. The summed E-state index contributed by atoms with van der Waals surface area (Å²) < 4.78 is 52.2. The molecule has 2 rings (SSSR count). The molecule has 3 N–H and O–H groups in total. The molecule has 0 bridgehead atoms. The molecule has 0 atom stereocenters. The third-order valence-corrected chi connectivity index (χ3v) is 4.74. The summed E-state index contributed by atoms with van der Waals surface area (Å²) in [4.78, 5) is 0. The molecule has 2 aromatic carbocycles. The van der Waals surface area contributed by atoms with E-state index in [0.717, 1.165) is 3.95 Å². The van der Waals surface area contributed by atoms with Crippen molar-refractivity contribution in [2.75, 3.05) is 12.8 Å². The molecule has 7 nitrogen and oxygen atoms in total. The zero-order chi connectivity index (χ0) is 19.2. The fourth-order valence-electron chi connectivity index (χ4n) is 1.65. The van der Waals surface area contributed by atoms with E-state index >= 15 is 0 Å². The number of anilines is 1. The molecule has 0 aromatic heterocycles. The minimum Gasteiger partial charge on any atom is -0.397 e. The Morgan fingerprint density at radius 3 is 2.28 bits per heavy atom. The van der Waals surface area contributed by atoms with Crippen molar-refractivity contribution in [3.63, 3.8) is 0 Å². The Hall–Kier alpha value is -1.65. The SMILES string of the molecule is C[N+](c1cccc(CS(=O)(=O)O)c1)=S(=O)=O.Nc1cc(Cl)ccc1Cl. The van der Waals surface area contributed by atoms with Gasteiger partial charge in [-0.25, -0.2) is 0 Å². The van der Waals surface area contributed by atoms with Crippen molar-refractivity contribution >= 4 is 55.2 Å². The van der Waals surface area contributed by atoms with E-state index in [1.807, 2.05) is 0 Å². The number of nitrogens with zero attached hydrogens (tertiary/aromatic N) is 1. The van der Waals surface area contributed by atoms with Crippen LogP contribution in [-0.2, 0) is 26.4 Å². The van der Waals surface area contributed by atoms with Crippen molar-refractivity contribution in [2.24, 2.45) is 0 Å². The molecular weight excluding hydrogens is 411 g/mol. The van der Waals surface area contributed by atoms with E-state index in [1.54, 1.807) is 18.2 Å². The molecule has 0 heterocycles. The smallest absolute Gasteiger partial charge is 0.397 e. The van der Waals surface area contributed by atoms with Crippen LogP contribution in [0.4, 0.5) is 11.4 Å². The lowest BCUT2D eigenvalue weighted by atomic mass is 10.2. The summed E-state index contributed by atoms with van der Waals surface area (Å²) in [5.74, 6) is -0.541. The molecule has 0 radical (unpaired) electrons. The summed E-state index contributed by atoms with van der Waals surface area (Å²) in [5.41, 5.74) is 6.57. The first-order valence-corrected chi connectivity index (χ1v) is 9.97. The van der Waals surface area contributed by atoms with Crippen LogP contribution in [0, 0.1) is 0 Å². The fraction of sp³-hybridized carbons (Fsp3) is 0.143. The van der Waals surface area contributed by atoms with Gasteiger partial charge in [-0.15, -0.1) is 8.42 Å². The summed E-state index contributed by atoms with van der Waals surface area (Å²) in [5, 5.41) is 1.15. The van der Waals surface area contributed by atoms with Gasteiger partial charge < -0.3 is 5.73 Å². The second-order valence-corrected chi connectivity index (χ2v) is 8.05. The van der Waals surface area contributed by atoms with Crippen LogP contribution < -0.4 is 5.73 Å². The highest BCUT2D eigenvalue weighted by molar-refractivity contribution is 7.85. The van der Waals surface area contributed by atoms with Gasteiger partial charge in [0.25, 0.3) is 10.1 Å². The van der Waals surface area contributed by atoms with Crippen molar-refractivity contribution in [2.45, 2.75) is 5.75 Å². The average molecular weight is 426 g/mol. The van der Waals surface area contributed by atoms with Crippen LogP contribution in [0.15, 0.2) is 42.5 Å². The Balaban J connectivity index is 0.000000293. The van der Waals surface area contributed by atoms with Gasteiger partial charge in [-0.3, -0.25) is 4.55 Å². The van der Waals surface area contributed by atoms with Gasteiger partial charge in [0.05, 0.1) is 10.7 Å². The highest BCUT2D eigenvalue weighted by Crippen LogP contribution is 2.21. The first-order valence-electron chi connectivity index (χ1n) is 6.57. The topological polar surface area (TPSA) is 118 Å². The summed E-state index contributed by atoms with van der Waals surface area (Å²) in [6, 6.07) is 10.9. The molecule has 2 aromatic rings. The largest absolute Gasteiger partial charge is 0.464 e. The fourth-order valence-corrected chi connectivity index (χ4v) is 2.84. The van der Waals surface area contributed by atoms with Gasteiger partial charge in [-0.05, 0) is 23.8 Å². The molecule has 136 valence electrons. The Labute approximate surface area is 157 Å². The van der Waals surface area contributed by atoms with Crippen molar-refractivity contribution in [1.82, 2.24) is 0 Å².